The van der Waals surface area contributed by atoms with Gasteiger partial charge in [-0.2, -0.15) is 5.10 Å². The van der Waals surface area contributed by atoms with Crippen LogP contribution in [0.15, 0.2) is 36.5 Å². The average Bonchev–Trinajstić information content (AvgIpc) is 2.92. The Hall–Kier alpha value is -1.36. The SMILES string of the molecule is Clc1cccc(C2CNCCN2Cc2ccn[nH]2)c1. The summed E-state index contributed by atoms with van der Waals surface area (Å²) in [6.07, 6.45) is 1.80. The third-order valence-corrected chi connectivity index (χ3v) is 3.75. The van der Waals surface area contributed by atoms with Gasteiger partial charge in [0.05, 0.1) is 0 Å². The van der Waals surface area contributed by atoms with Crippen LogP contribution in [0.5, 0.6) is 0 Å². The first kappa shape index (κ1) is 12.7. The van der Waals surface area contributed by atoms with Gasteiger partial charge in [0.2, 0.25) is 0 Å². The summed E-state index contributed by atoms with van der Waals surface area (Å²) in [4.78, 5) is 2.45. The molecule has 0 aliphatic carbocycles. The summed E-state index contributed by atoms with van der Waals surface area (Å²) in [5.41, 5.74) is 2.41. The lowest BCUT2D eigenvalue weighted by molar-refractivity contribution is 0.152. The molecule has 0 amide bonds. The number of H-pyrrole nitrogens is 1. The molecule has 1 unspecified atom stereocenters. The molecule has 2 N–H and O–H groups in total. The maximum atomic E-state index is 6.10. The lowest BCUT2D eigenvalue weighted by atomic mass is 10.0. The van der Waals surface area contributed by atoms with Gasteiger partial charge in [0.15, 0.2) is 0 Å². The fraction of sp³-hybridized carbons (Fsp3) is 0.357. The van der Waals surface area contributed by atoms with Crippen LogP contribution < -0.4 is 5.32 Å². The molecule has 1 saturated heterocycles. The van der Waals surface area contributed by atoms with E-state index >= 15 is 0 Å². The van der Waals surface area contributed by atoms with Crippen molar-refractivity contribution in [3.63, 3.8) is 0 Å². The molecule has 100 valence electrons. The van der Waals surface area contributed by atoms with Crippen molar-refractivity contribution in [2.75, 3.05) is 19.6 Å². The summed E-state index contributed by atoms with van der Waals surface area (Å²) in [6.45, 7) is 3.88. The predicted octanol–water partition coefficient (Wildman–Crippen LogP) is 2.21. The van der Waals surface area contributed by atoms with Gasteiger partial charge in [0.1, 0.15) is 0 Å². The number of rotatable bonds is 3. The number of benzene rings is 1. The summed E-state index contributed by atoms with van der Waals surface area (Å²) in [6, 6.07) is 10.5. The Balaban J connectivity index is 1.80. The second-order valence-corrected chi connectivity index (χ2v) is 5.26. The van der Waals surface area contributed by atoms with Gasteiger partial charge in [-0.3, -0.25) is 10.00 Å². The molecule has 2 aromatic rings. The monoisotopic (exact) mass is 276 g/mol. The summed E-state index contributed by atoms with van der Waals surface area (Å²) in [7, 11) is 0. The first-order valence-corrected chi connectivity index (χ1v) is 6.89. The molecule has 0 saturated carbocycles. The van der Waals surface area contributed by atoms with Crippen molar-refractivity contribution in [3.05, 3.63) is 52.8 Å². The molecule has 0 spiro atoms. The van der Waals surface area contributed by atoms with Crippen molar-refractivity contribution < 1.29 is 0 Å². The first-order valence-electron chi connectivity index (χ1n) is 6.51. The molecule has 1 aromatic carbocycles. The van der Waals surface area contributed by atoms with Crippen LogP contribution in [-0.2, 0) is 6.54 Å². The molecule has 5 heteroatoms. The second kappa shape index (κ2) is 5.74. The minimum atomic E-state index is 0.357. The van der Waals surface area contributed by atoms with Crippen LogP contribution in [0.1, 0.15) is 17.3 Å². The maximum Gasteiger partial charge on any atom is 0.0492 e. The summed E-state index contributed by atoms with van der Waals surface area (Å²) in [5, 5.41) is 11.3. The molecular formula is C14H17ClN4. The molecule has 3 rings (SSSR count). The predicted molar refractivity (Wildman–Crippen MR) is 76.1 cm³/mol. The van der Waals surface area contributed by atoms with E-state index in [0.717, 1.165) is 36.9 Å². The minimum Gasteiger partial charge on any atom is -0.314 e. The highest BCUT2D eigenvalue weighted by Crippen LogP contribution is 2.25. The maximum absolute atomic E-state index is 6.10. The Kier molecular flexibility index (Phi) is 3.82. The van der Waals surface area contributed by atoms with E-state index in [9.17, 15) is 0 Å². The Morgan fingerprint density at radius 1 is 1.37 bits per heavy atom. The lowest BCUT2D eigenvalue weighted by Gasteiger charge is -2.36. The number of halogens is 1. The molecule has 1 aromatic heterocycles. The van der Waals surface area contributed by atoms with Crippen LogP contribution in [0, 0.1) is 0 Å². The van der Waals surface area contributed by atoms with Crippen LogP contribution in [0.2, 0.25) is 5.02 Å². The normalized spacial score (nSPS) is 20.6. The molecule has 1 aliphatic rings. The van der Waals surface area contributed by atoms with E-state index in [2.05, 4.69) is 32.5 Å². The highest BCUT2D eigenvalue weighted by atomic mass is 35.5. The molecule has 4 nitrogen and oxygen atoms in total. The van der Waals surface area contributed by atoms with Gasteiger partial charge in [0, 0.05) is 49.1 Å². The van der Waals surface area contributed by atoms with Crippen LogP contribution >= 0.6 is 11.6 Å². The van der Waals surface area contributed by atoms with Crippen LogP contribution in [-0.4, -0.2) is 34.7 Å². The Morgan fingerprint density at radius 2 is 2.32 bits per heavy atom. The molecule has 1 aliphatic heterocycles. The van der Waals surface area contributed by atoms with E-state index in [1.165, 1.54) is 5.56 Å². The molecule has 2 heterocycles. The van der Waals surface area contributed by atoms with Crippen LogP contribution in [0.3, 0.4) is 0 Å². The molecule has 19 heavy (non-hydrogen) atoms. The summed E-state index contributed by atoms with van der Waals surface area (Å²) in [5.74, 6) is 0. The standard InChI is InChI=1S/C14H17ClN4/c15-12-3-1-2-11(8-12)14-9-16-6-7-19(14)10-13-4-5-17-18-13/h1-5,8,14,16H,6-7,9-10H2,(H,17,18). The summed E-state index contributed by atoms with van der Waals surface area (Å²) >= 11 is 6.10. The topological polar surface area (TPSA) is 44.0 Å². The second-order valence-electron chi connectivity index (χ2n) is 4.83. The van der Waals surface area contributed by atoms with Crippen molar-refractivity contribution in [1.82, 2.24) is 20.4 Å². The molecular weight excluding hydrogens is 260 g/mol. The van der Waals surface area contributed by atoms with Gasteiger partial charge in [-0.15, -0.1) is 0 Å². The number of aromatic nitrogens is 2. The van der Waals surface area contributed by atoms with Crippen molar-refractivity contribution >= 4 is 11.6 Å². The van der Waals surface area contributed by atoms with Crippen LogP contribution in [0.25, 0.3) is 0 Å². The number of nitrogens with one attached hydrogen (secondary N) is 2. The number of hydrogen-bond acceptors (Lipinski definition) is 3. The van der Waals surface area contributed by atoms with E-state index in [0.29, 0.717) is 6.04 Å². The van der Waals surface area contributed by atoms with E-state index in [4.69, 9.17) is 11.6 Å². The number of nitrogens with zero attached hydrogens (tertiary/aromatic N) is 2. The van der Waals surface area contributed by atoms with Crippen molar-refractivity contribution in [2.24, 2.45) is 0 Å². The van der Waals surface area contributed by atoms with E-state index in [1.54, 1.807) is 6.20 Å². The van der Waals surface area contributed by atoms with Crippen molar-refractivity contribution in [3.8, 4) is 0 Å². The Labute approximate surface area is 117 Å². The van der Waals surface area contributed by atoms with Gasteiger partial charge in [-0.1, -0.05) is 23.7 Å². The molecule has 0 bridgehead atoms. The zero-order chi connectivity index (χ0) is 13.1. The third-order valence-electron chi connectivity index (χ3n) is 3.52. The molecule has 1 atom stereocenters. The number of aromatic amines is 1. The van der Waals surface area contributed by atoms with Gasteiger partial charge in [-0.25, -0.2) is 0 Å². The fourth-order valence-corrected chi connectivity index (χ4v) is 2.77. The molecule has 1 fully saturated rings. The average molecular weight is 277 g/mol. The quantitative estimate of drug-likeness (QED) is 0.903. The Morgan fingerprint density at radius 3 is 3.11 bits per heavy atom. The zero-order valence-electron chi connectivity index (χ0n) is 10.6. The fourth-order valence-electron chi connectivity index (χ4n) is 2.57. The number of piperazine rings is 1. The van der Waals surface area contributed by atoms with Crippen LogP contribution in [0.4, 0.5) is 0 Å². The first-order chi connectivity index (χ1) is 9.33. The van der Waals surface area contributed by atoms with E-state index < -0.39 is 0 Å². The summed E-state index contributed by atoms with van der Waals surface area (Å²) < 4.78 is 0. The minimum absolute atomic E-state index is 0.357. The lowest BCUT2D eigenvalue weighted by Crippen LogP contribution is -2.45. The number of hydrogen-bond donors (Lipinski definition) is 2. The van der Waals surface area contributed by atoms with Gasteiger partial charge < -0.3 is 5.32 Å². The van der Waals surface area contributed by atoms with Gasteiger partial charge in [-0.05, 0) is 23.8 Å². The van der Waals surface area contributed by atoms with Crippen molar-refractivity contribution in [1.29, 1.82) is 0 Å². The third kappa shape index (κ3) is 2.97. The van der Waals surface area contributed by atoms with E-state index in [-0.39, 0.29) is 0 Å². The zero-order valence-corrected chi connectivity index (χ0v) is 11.4. The van der Waals surface area contributed by atoms with Gasteiger partial charge in [0.25, 0.3) is 0 Å². The largest absolute Gasteiger partial charge is 0.314 e. The highest BCUT2D eigenvalue weighted by Gasteiger charge is 2.24. The molecule has 0 radical (unpaired) electrons. The van der Waals surface area contributed by atoms with E-state index in [1.807, 2.05) is 18.2 Å². The highest BCUT2D eigenvalue weighted by molar-refractivity contribution is 6.30. The Bertz CT molecular complexity index is 526. The van der Waals surface area contributed by atoms with Gasteiger partial charge >= 0.3 is 0 Å². The smallest absolute Gasteiger partial charge is 0.0492 e. The van der Waals surface area contributed by atoms with Crippen molar-refractivity contribution in [2.45, 2.75) is 12.6 Å².